The van der Waals surface area contributed by atoms with Crippen molar-refractivity contribution in [1.82, 2.24) is 0 Å². The van der Waals surface area contributed by atoms with Crippen molar-refractivity contribution in [1.29, 1.82) is 0 Å². The molecule has 3 aromatic rings. The van der Waals surface area contributed by atoms with Crippen LogP contribution in [-0.4, -0.2) is 7.11 Å². The van der Waals surface area contributed by atoms with Gasteiger partial charge in [-0.3, -0.25) is 0 Å². The number of methoxy groups -OCH3 is 1. The lowest BCUT2D eigenvalue weighted by Crippen LogP contribution is -2.04. The molecule has 0 atom stereocenters. The van der Waals surface area contributed by atoms with E-state index < -0.39 is 0 Å². The van der Waals surface area contributed by atoms with Crippen LogP contribution in [0.4, 0.5) is 5.69 Å². The largest absolute Gasteiger partial charge is 0.493 e. The summed E-state index contributed by atoms with van der Waals surface area (Å²) in [5.74, 6) is 1.44. The van der Waals surface area contributed by atoms with E-state index in [4.69, 9.17) is 21.1 Å². The van der Waals surface area contributed by atoms with Crippen molar-refractivity contribution in [2.75, 3.05) is 12.4 Å². The quantitative estimate of drug-likeness (QED) is 0.320. The Morgan fingerprint density at radius 1 is 1.07 bits per heavy atom. The van der Waals surface area contributed by atoms with E-state index in [1.807, 2.05) is 54.6 Å². The van der Waals surface area contributed by atoms with Crippen molar-refractivity contribution in [2.45, 2.75) is 13.2 Å². The van der Waals surface area contributed by atoms with Gasteiger partial charge in [0.15, 0.2) is 11.5 Å². The minimum Gasteiger partial charge on any atom is -0.493 e. The molecule has 0 saturated carbocycles. The van der Waals surface area contributed by atoms with E-state index in [1.54, 1.807) is 7.11 Å². The van der Waals surface area contributed by atoms with Gasteiger partial charge in [-0.1, -0.05) is 45.7 Å². The molecule has 1 N–H and O–H groups in total. The standard InChI is InChI=1S/C21H18BrClINO2/c1-26-20-11-14(12-25-17-8-6-16(22)7-9-17)10-19(24)21(20)27-13-15-4-2-3-5-18(15)23/h2-11,25H,12-13H2,1H3. The lowest BCUT2D eigenvalue weighted by atomic mass is 10.2. The third kappa shape index (κ3) is 5.53. The van der Waals surface area contributed by atoms with Gasteiger partial charge in [0.05, 0.1) is 10.7 Å². The van der Waals surface area contributed by atoms with Gasteiger partial charge in [-0.05, 0) is 70.6 Å². The number of halogens is 3. The van der Waals surface area contributed by atoms with Gasteiger partial charge in [0.1, 0.15) is 6.61 Å². The lowest BCUT2D eigenvalue weighted by Gasteiger charge is -2.15. The highest BCUT2D eigenvalue weighted by atomic mass is 127. The van der Waals surface area contributed by atoms with Crippen LogP contribution < -0.4 is 14.8 Å². The van der Waals surface area contributed by atoms with Crippen molar-refractivity contribution >= 4 is 55.8 Å². The highest BCUT2D eigenvalue weighted by Gasteiger charge is 2.13. The Morgan fingerprint density at radius 2 is 1.81 bits per heavy atom. The average Bonchev–Trinajstić information content (AvgIpc) is 2.67. The first kappa shape index (κ1) is 20.3. The molecule has 3 nitrogen and oxygen atoms in total. The van der Waals surface area contributed by atoms with E-state index in [-0.39, 0.29) is 0 Å². The summed E-state index contributed by atoms with van der Waals surface area (Å²) in [5.41, 5.74) is 3.12. The van der Waals surface area contributed by atoms with Gasteiger partial charge in [0, 0.05) is 27.3 Å². The van der Waals surface area contributed by atoms with Crippen molar-refractivity contribution < 1.29 is 9.47 Å². The van der Waals surface area contributed by atoms with Crippen LogP contribution in [0.5, 0.6) is 11.5 Å². The smallest absolute Gasteiger partial charge is 0.174 e. The monoisotopic (exact) mass is 557 g/mol. The number of hydrogen-bond acceptors (Lipinski definition) is 3. The summed E-state index contributed by atoms with van der Waals surface area (Å²) in [5, 5.41) is 4.11. The van der Waals surface area contributed by atoms with Gasteiger partial charge in [0.25, 0.3) is 0 Å². The van der Waals surface area contributed by atoms with Crippen LogP contribution in [0, 0.1) is 3.57 Å². The highest BCUT2D eigenvalue weighted by molar-refractivity contribution is 14.1. The summed E-state index contributed by atoms with van der Waals surface area (Å²) in [4.78, 5) is 0. The van der Waals surface area contributed by atoms with Crippen LogP contribution in [0.25, 0.3) is 0 Å². The molecule has 0 saturated heterocycles. The normalized spacial score (nSPS) is 10.5. The summed E-state index contributed by atoms with van der Waals surface area (Å²) in [7, 11) is 1.65. The Bertz CT molecular complexity index is 919. The number of nitrogens with one attached hydrogen (secondary N) is 1. The molecular formula is C21H18BrClINO2. The molecule has 0 aliphatic rings. The summed E-state index contributed by atoms with van der Waals surface area (Å²) < 4.78 is 13.6. The SMILES string of the molecule is COc1cc(CNc2ccc(Br)cc2)cc(I)c1OCc1ccccc1Cl. The number of anilines is 1. The third-order valence-electron chi connectivity index (χ3n) is 3.96. The molecule has 0 aliphatic heterocycles. The molecule has 140 valence electrons. The molecule has 3 aromatic carbocycles. The fourth-order valence-electron chi connectivity index (χ4n) is 2.55. The number of rotatable bonds is 7. The molecule has 6 heteroatoms. The summed E-state index contributed by atoms with van der Waals surface area (Å²) in [6.07, 6.45) is 0. The average molecular weight is 559 g/mol. The molecule has 0 heterocycles. The van der Waals surface area contributed by atoms with Gasteiger partial charge < -0.3 is 14.8 Å². The van der Waals surface area contributed by atoms with Gasteiger partial charge >= 0.3 is 0 Å². The zero-order chi connectivity index (χ0) is 19.2. The van der Waals surface area contributed by atoms with Gasteiger partial charge in [-0.15, -0.1) is 0 Å². The molecule has 0 aromatic heterocycles. The maximum atomic E-state index is 6.21. The molecule has 0 fully saturated rings. The molecule has 0 spiro atoms. The molecule has 0 amide bonds. The zero-order valence-corrected chi connectivity index (χ0v) is 19.1. The Balaban J connectivity index is 1.72. The topological polar surface area (TPSA) is 30.5 Å². The lowest BCUT2D eigenvalue weighted by molar-refractivity contribution is 0.282. The van der Waals surface area contributed by atoms with Gasteiger partial charge in [0.2, 0.25) is 0 Å². The predicted molar refractivity (Wildman–Crippen MR) is 123 cm³/mol. The summed E-state index contributed by atoms with van der Waals surface area (Å²) >= 11 is 11.9. The number of benzene rings is 3. The fourth-order valence-corrected chi connectivity index (χ4v) is 3.83. The van der Waals surface area contributed by atoms with Crippen LogP contribution >= 0.6 is 50.1 Å². The Kier molecular flexibility index (Phi) is 7.26. The van der Waals surface area contributed by atoms with Crippen molar-refractivity contribution in [2.24, 2.45) is 0 Å². The fraction of sp³-hybridized carbons (Fsp3) is 0.143. The Labute approximate surface area is 186 Å². The second kappa shape index (κ2) is 9.66. The molecule has 0 unspecified atom stereocenters. The summed E-state index contributed by atoms with van der Waals surface area (Å²) in [6.45, 7) is 1.08. The van der Waals surface area contributed by atoms with Crippen molar-refractivity contribution in [3.63, 3.8) is 0 Å². The Morgan fingerprint density at radius 3 is 2.52 bits per heavy atom. The van der Waals surface area contributed by atoms with Gasteiger partial charge in [-0.25, -0.2) is 0 Å². The predicted octanol–water partition coefficient (Wildman–Crippen LogP) is 6.91. The van der Waals surface area contributed by atoms with E-state index in [0.29, 0.717) is 23.9 Å². The first-order valence-electron chi connectivity index (χ1n) is 8.29. The zero-order valence-electron chi connectivity index (χ0n) is 14.6. The second-order valence-corrected chi connectivity index (χ2v) is 8.33. The minimum absolute atomic E-state index is 0.391. The summed E-state index contributed by atoms with van der Waals surface area (Å²) in [6, 6.07) is 19.9. The molecule has 0 radical (unpaired) electrons. The first-order chi connectivity index (χ1) is 13.1. The molecule has 27 heavy (non-hydrogen) atoms. The van der Waals surface area contributed by atoms with E-state index in [9.17, 15) is 0 Å². The molecule has 3 rings (SSSR count). The maximum absolute atomic E-state index is 6.21. The Hall–Kier alpha value is -1.44. The van der Waals surface area contributed by atoms with Crippen LogP contribution in [-0.2, 0) is 13.2 Å². The van der Waals surface area contributed by atoms with E-state index in [1.165, 1.54) is 0 Å². The van der Waals surface area contributed by atoms with Crippen LogP contribution in [0.15, 0.2) is 65.1 Å². The minimum atomic E-state index is 0.391. The maximum Gasteiger partial charge on any atom is 0.174 e. The van der Waals surface area contributed by atoms with E-state index in [2.05, 4.69) is 49.9 Å². The van der Waals surface area contributed by atoms with E-state index in [0.717, 1.165) is 30.6 Å². The van der Waals surface area contributed by atoms with Crippen LogP contribution in [0.3, 0.4) is 0 Å². The van der Waals surface area contributed by atoms with Gasteiger partial charge in [-0.2, -0.15) is 0 Å². The molecule has 0 aliphatic carbocycles. The van der Waals surface area contributed by atoms with Crippen LogP contribution in [0.2, 0.25) is 5.02 Å². The first-order valence-corrected chi connectivity index (χ1v) is 10.5. The number of ether oxygens (including phenoxy) is 2. The van der Waals surface area contributed by atoms with Crippen molar-refractivity contribution in [3.8, 4) is 11.5 Å². The molecule has 0 bridgehead atoms. The molecular weight excluding hydrogens is 540 g/mol. The third-order valence-corrected chi connectivity index (χ3v) is 5.66. The number of hydrogen-bond donors (Lipinski definition) is 1. The second-order valence-electron chi connectivity index (χ2n) is 5.85. The van der Waals surface area contributed by atoms with Crippen molar-refractivity contribution in [3.05, 3.63) is 84.9 Å². The van der Waals surface area contributed by atoms with E-state index >= 15 is 0 Å². The highest BCUT2D eigenvalue weighted by Crippen LogP contribution is 2.35. The van der Waals surface area contributed by atoms with Crippen LogP contribution in [0.1, 0.15) is 11.1 Å².